The number of alkyl carbamates (subject to hydrolysis) is 1. The van der Waals surface area contributed by atoms with Crippen molar-refractivity contribution in [3.8, 4) is 22.9 Å². The van der Waals surface area contributed by atoms with Crippen molar-refractivity contribution in [2.24, 2.45) is 0 Å². The molecule has 2 heterocycles. The fourth-order valence-corrected chi connectivity index (χ4v) is 3.78. The van der Waals surface area contributed by atoms with Gasteiger partial charge in [-0.2, -0.15) is 0 Å². The Labute approximate surface area is 221 Å². The normalized spacial score (nSPS) is 13.6. The van der Waals surface area contributed by atoms with Crippen molar-refractivity contribution in [1.29, 1.82) is 0 Å². The van der Waals surface area contributed by atoms with Gasteiger partial charge >= 0.3 is 6.09 Å². The number of benzene rings is 1. The lowest BCUT2D eigenvalue weighted by molar-refractivity contribution is 0.0541. The highest BCUT2D eigenvalue weighted by Crippen LogP contribution is 2.34. The van der Waals surface area contributed by atoms with Gasteiger partial charge in [0.25, 0.3) is 0 Å². The molecule has 1 amide bonds. The van der Waals surface area contributed by atoms with Crippen molar-refractivity contribution in [2.45, 2.75) is 64.5 Å². The first-order chi connectivity index (χ1) is 18.1. The molecule has 0 saturated heterocycles. The van der Waals surface area contributed by atoms with E-state index in [4.69, 9.17) is 15.2 Å². The second-order valence-electron chi connectivity index (χ2n) is 9.77. The topological polar surface area (TPSA) is 124 Å². The van der Waals surface area contributed by atoms with E-state index >= 15 is 0 Å². The summed E-state index contributed by atoms with van der Waals surface area (Å²) in [5.74, 6) is -1.82. The maximum Gasteiger partial charge on any atom is 0.407 e. The minimum Gasteiger partial charge on any atom is -0.444 e. The van der Waals surface area contributed by atoms with Gasteiger partial charge in [0.05, 0.1) is 11.3 Å². The second kappa shape index (κ2) is 13.0. The summed E-state index contributed by atoms with van der Waals surface area (Å²) in [6, 6.07) is 7.47. The molecule has 0 radical (unpaired) electrons. The van der Waals surface area contributed by atoms with Crippen LogP contribution in [0.3, 0.4) is 0 Å². The van der Waals surface area contributed by atoms with Crippen molar-refractivity contribution < 1.29 is 23.0 Å². The van der Waals surface area contributed by atoms with Gasteiger partial charge in [-0.25, -0.2) is 28.5 Å². The summed E-state index contributed by atoms with van der Waals surface area (Å²) < 4.78 is 38.6. The minimum absolute atomic E-state index is 0.0252. The molecule has 1 aliphatic rings. The molecule has 1 fully saturated rings. The number of halogens is 2. The van der Waals surface area contributed by atoms with E-state index in [9.17, 15) is 13.6 Å². The van der Waals surface area contributed by atoms with E-state index in [0.717, 1.165) is 25.0 Å². The number of nitrogens with one attached hydrogen (secondary N) is 2. The Morgan fingerprint density at radius 2 is 1.74 bits per heavy atom. The van der Waals surface area contributed by atoms with Crippen LogP contribution in [0.25, 0.3) is 11.3 Å². The molecule has 3 aromatic rings. The van der Waals surface area contributed by atoms with E-state index in [1.807, 2.05) is 20.8 Å². The monoisotopic (exact) mass is 528 g/mol. The fourth-order valence-electron chi connectivity index (χ4n) is 3.78. The van der Waals surface area contributed by atoms with Gasteiger partial charge < -0.3 is 25.8 Å². The molecular weight excluding hydrogens is 494 g/mol. The largest absolute Gasteiger partial charge is 0.444 e. The van der Waals surface area contributed by atoms with Gasteiger partial charge in [0, 0.05) is 43.3 Å². The van der Waals surface area contributed by atoms with Gasteiger partial charge in [0.1, 0.15) is 5.60 Å². The molecule has 0 bridgehead atoms. The van der Waals surface area contributed by atoms with E-state index in [2.05, 4.69) is 25.6 Å². The summed E-state index contributed by atoms with van der Waals surface area (Å²) >= 11 is 0. The standard InChI is InChI=1S/C21H21F2N5O.C6H13NO2/c22-16-11-13(24)12-17(23)19(16)29-20-15(7-4-9-25-20)18-8-10-26-21(28-18)27-14-5-2-1-3-6-14;1-6(2,3)9-5(8)7-4/h4,7-12,14H,1-3,5-6,24H2,(H,26,27,28);1-4H3,(H,7,8). The molecule has 11 heteroatoms. The number of amides is 1. The Balaban J connectivity index is 0.000000383. The van der Waals surface area contributed by atoms with E-state index < -0.39 is 17.4 Å². The van der Waals surface area contributed by atoms with Crippen LogP contribution in [-0.2, 0) is 4.74 Å². The van der Waals surface area contributed by atoms with Crippen molar-refractivity contribution >= 4 is 17.7 Å². The van der Waals surface area contributed by atoms with Crippen LogP contribution in [0.15, 0.2) is 42.7 Å². The van der Waals surface area contributed by atoms with Crippen molar-refractivity contribution in [3.63, 3.8) is 0 Å². The molecule has 38 heavy (non-hydrogen) atoms. The average molecular weight is 529 g/mol. The van der Waals surface area contributed by atoms with E-state index in [0.29, 0.717) is 23.2 Å². The zero-order chi connectivity index (χ0) is 27.7. The molecule has 0 atom stereocenters. The molecule has 4 N–H and O–H groups in total. The van der Waals surface area contributed by atoms with Crippen LogP contribution < -0.4 is 21.1 Å². The Morgan fingerprint density at radius 3 is 2.34 bits per heavy atom. The zero-order valence-corrected chi connectivity index (χ0v) is 22.1. The van der Waals surface area contributed by atoms with Crippen LogP contribution in [0.5, 0.6) is 11.6 Å². The quantitative estimate of drug-likeness (QED) is 0.341. The van der Waals surface area contributed by atoms with Crippen LogP contribution >= 0.6 is 0 Å². The highest BCUT2D eigenvalue weighted by Gasteiger charge is 2.19. The number of hydrogen-bond acceptors (Lipinski definition) is 8. The SMILES string of the molecule is CNC(=O)OC(C)(C)C.Nc1cc(F)c(Oc2ncccc2-c2ccnc(NC3CCCCC3)n2)c(F)c1. The molecule has 2 aromatic heterocycles. The number of aromatic nitrogens is 3. The number of hydrogen-bond donors (Lipinski definition) is 3. The summed E-state index contributed by atoms with van der Waals surface area (Å²) in [5, 5.41) is 5.73. The predicted molar refractivity (Wildman–Crippen MR) is 142 cm³/mol. The van der Waals surface area contributed by atoms with Crippen molar-refractivity contribution in [3.05, 3.63) is 54.4 Å². The fraction of sp³-hybridized carbons (Fsp3) is 0.407. The third kappa shape index (κ3) is 8.53. The van der Waals surface area contributed by atoms with Crippen molar-refractivity contribution in [1.82, 2.24) is 20.3 Å². The van der Waals surface area contributed by atoms with Crippen LogP contribution in [0.2, 0.25) is 0 Å². The van der Waals surface area contributed by atoms with Crippen LogP contribution in [-0.4, -0.2) is 39.7 Å². The van der Waals surface area contributed by atoms with Gasteiger partial charge in [-0.05, 0) is 51.8 Å². The van der Waals surface area contributed by atoms with Crippen LogP contribution in [0.1, 0.15) is 52.9 Å². The summed E-state index contributed by atoms with van der Waals surface area (Å²) in [4.78, 5) is 23.5. The number of rotatable bonds is 5. The van der Waals surface area contributed by atoms with Gasteiger partial charge in [0.2, 0.25) is 17.6 Å². The number of pyridine rings is 1. The molecule has 1 saturated carbocycles. The Morgan fingerprint density at radius 1 is 1.05 bits per heavy atom. The Bertz CT molecular complexity index is 1210. The van der Waals surface area contributed by atoms with Crippen LogP contribution in [0.4, 0.5) is 25.2 Å². The Hall–Kier alpha value is -4.02. The summed E-state index contributed by atoms with van der Waals surface area (Å²) in [7, 11) is 1.54. The molecule has 4 rings (SSSR count). The van der Waals surface area contributed by atoms with Gasteiger partial charge in [-0.1, -0.05) is 19.3 Å². The van der Waals surface area contributed by atoms with Gasteiger partial charge in [-0.15, -0.1) is 0 Å². The third-order valence-electron chi connectivity index (χ3n) is 5.46. The molecule has 204 valence electrons. The summed E-state index contributed by atoms with van der Waals surface area (Å²) in [6.45, 7) is 5.46. The highest BCUT2D eigenvalue weighted by molar-refractivity contribution is 5.67. The van der Waals surface area contributed by atoms with Crippen molar-refractivity contribution in [2.75, 3.05) is 18.1 Å². The summed E-state index contributed by atoms with van der Waals surface area (Å²) in [6.07, 6.45) is 8.54. The van der Waals surface area contributed by atoms with E-state index in [1.165, 1.54) is 32.5 Å². The number of nitrogens with zero attached hydrogens (tertiary/aromatic N) is 3. The Kier molecular flexibility index (Phi) is 9.75. The molecule has 1 aliphatic carbocycles. The third-order valence-corrected chi connectivity index (χ3v) is 5.46. The van der Waals surface area contributed by atoms with E-state index in [1.54, 1.807) is 24.4 Å². The molecule has 0 spiro atoms. The first kappa shape index (κ1) is 28.5. The molecule has 0 aliphatic heterocycles. The molecule has 9 nitrogen and oxygen atoms in total. The molecule has 0 unspecified atom stereocenters. The summed E-state index contributed by atoms with van der Waals surface area (Å²) in [5.41, 5.74) is 6.08. The van der Waals surface area contributed by atoms with E-state index in [-0.39, 0.29) is 23.3 Å². The first-order valence-electron chi connectivity index (χ1n) is 12.4. The number of nitrogens with two attached hydrogens (primary N) is 1. The second-order valence-corrected chi connectivity index (χ2v) is 9.77. The number of carbonyl (C=O) groups is 1. The maximum absolute atomic E-state index is 14.1. The van der Waals surface area contributed by atoms with Gasteiger partial charge in [0.15, 0.2) is 11.6 Å². The number of carbonyl (C=O) groups excluding carboxylic acids is 1. The lowest BCUT2D eigenvalue weighted by Crippen LogP contribution is -2.30. The molecular formula is C27H34F2N6O3. The zero-order valence-electron chi connectivity index (χ0n) is 22.1. The maximum atomic E-state index is 14.1. The first-order valence-corrected chi connectivity index (χ1v) is 12.4. The number of anilines is 2. The van der Waals surface area contributed by atoms with Crippen LogP contribution in [0, 0.1) is 11.6 Å². The number of nitrogen functional groups attached to an aromatic ring is 1. The lowest BCUT2D eigenvalue weighted by atomic mass is 9.96. The smallest absolute Gasteiger partial charge is 0.407 e. The highest BCUT2D eigenvalue weighted by atomic mass is 19.1. The molecule has 1 aromatic carbocycles. The average Bonchev–Trinajstić information content (AvgIpc) is 2.86. The number of ether oxygens (including phenoxy) is 2. The van der Waals surface area contributed by atoms with Gasteiger partial charge in [-0.3, -0.25) is 0 Å². The minimum atomic E-state index is -0.901. The predicted octanol–water partition coefficient (Wildman–Crippen LogP) is 6.08. The lowest BCUT2D eigenvalue weighted by Gasteiger charge is -2.22.